The zero-order chi connectivity index (χ0) is 14.3. The van der Waals surface area contributed by atoms with Crippen molar-refractivity contribution in [3.63, 3.8) is 0 Å². The van der Waals surface area contributed by atoms with Crippen molar-refractivity contribution in [2.45, 2.75) is 26.7 Å². The Kier molecular flexibility index (Phi) is 5.55. The zero-order valence-electron chi connectivity index (χ0n) is 11.2. The summed E-state index contributed by atoms with van der Waals surface area (Å²) in [5, 5.41) is 9.23. The number of aromatic nitrogens is 1. The molecule has 0 saturated carbocycles. The van der Waals surface area contributed by atoms with Gasteiger partial charge in [0.05, 0.1) is 6.61 Å². The van der Waals surface area contributed by atoms with Gasteiger partial charge in [0, 0.05) is 6.20 Å². The van der Waals surface area contributed by atoms with E-state index in [0.29, 0.717) is 5.82 Å². The number of aryl methyl sites for hydroxylation is 1. The molecule has 0 saturated heterocycles. The number of carbonyl (C=O) groups excluding carboxylic acids is 1. The molecule has 1 heterocycles. The van der Waals surface area contributed by atoms with Crippen molar-refractivity contribution in [1.82, 2.24) is 4.98 Å². The summed E-state index contributed by atoms with van der Waals surface area (Å²) in [7, 11) is 0. The first kappa shape index (κ1) is 14.7. The molecule has 0 aliphatic heterocycles. The maximum atomic E-state index is 11.6. The molecule has 0 spiro atoms. The maximum Gasteiger partial charge on any atom is 0.355 e. The summed E-state index contributed by atoms with van der Waals surface area (Å²) in [4.78, 5) is 16.9. The van der Waals surface area contributed by atoms with Crippen LogP contribution in [0.4, 0.5) is 5.82 Å². The summed E-state index contributed by atoms with van der Waals surface area (Å²) in [6, 6.07) is 3.69. The van der Waals surface area contributed by atoms with Crippen LogP contribution in [-0.4, -0.2) is 17.6 Å². The SMILES string of the molecule is C=C(C(=O)OCC)N(C#N)c1ncccc1CCC. The van der Waals surface area contributed by atoms with Gasteiger partial charge in [0.25, 0.3) is 0 Å². The Hall–Kier alpha value is -2.35. The molecule has 5 heteroatoms. The Balaban J connectivity index is 3.07. The predicted octanol–water partition coefficient (Wildman–Crippen LogP) is 2.40. The minimum atomic E-state index is -0.614. The van der Waals surface area contributed by atoms with E-state index < -0.39 is 5.97 Å². The third kappa shape index (κ3) is 3.55. The van der Waals surface area contributed by atoms with Gasteiger partial charge in [0.15, 0.2) is 6.19 Å². The van der Waals surface area contributed by atoms with Gasteiger partial charge in [-0.3, -0.25) is 0 Å². The molecule has 0 aliphatic carbocycles. The van der Waals surface area contributed by atoms with Crippen LogP contribution in [0.5, 0.6) is 0 Å². The molecule has 19 heavy (non-hydrogen) atoms. The van der Waals surface area contributed by atoms with Crippen molar-refractivity contribution in [2.24, 2.45) is 0 Å². The van der Waals surface area contributed by atoms with Crippen molar-refractivity contribution >= 4 is 11.8 Å². The van der Waals surface area contributed by atoms with E-state index in [9.17, 15) is 10.1 Å². The molecule has 0 aromatic carbocycles. The molecule has 1 rings (SSSR count). The Morgan fingerprint density at radius 2 is 2.32 bits per heavy atom. The van der Waals surface area contributed by atoms with Crippen molar-refractivity contribution in [2.75, 3.05) is 11.5 Å². The number of nitriles is 1. The van der Waals surface area contributed by atoms with E-state index in [1.54, 1.807) is 19.2 Å². The van der Waals surface area contributed by atoms with E-state index in [4.69, 9.17) is 4.74 Å². The molecule has 0 radical (unpaired) electrons. The van der Waals surface area contributed by atoms with Gasteiger partial charge in [-0.05, 0) is 25.0 Å². The Labute approximate surface area is 113 Å². The van der Waals surface area contributed by atoms with Crippen LogP contribution in [-0.2, 0) is 16.0 Å². The Bertz CT molecular complexity index is 506. The smallest absolute Gasteiger partial charge is 0.355 e. The van der Waals surface area contributed by atoms with Gasteiger partial charge in [-0.2, -0.15) is 5.26 Å². The largest absolute Gasteiger partial charge is 0.461 e. The van der Waals surface area contributed by atoms with Gasteiger partial charge in [-0.25, -0.2) is 14.7 Å². The summed E-state index contributed by atoms with van der Waals surface area (Å²) in [6.07, 6.45) is 5.20. The molecule has 0 unspecified atom stereocenters. The van der Waals surface area contributed by atoms with Gasteiger partial charge in [0.2, 0.25) is 0 Å². The molecule has 0 amide bonds. The summed E-state index contributed by atoms with van der Waals surface area (Å²) in [6.45, 7) is 7.58. The molecule has 5 nitrogen and oxygen atoms in total. The molecule has 0 fully saturated rings. The monoisotopic (exact) mass is 259 g/mol. The van der Waals surface area contributed by atoms with Crippen LogP contribution < -0.4 is 4.90 Å². The van der Waals surface area contributed by atoms with Gasteiger partial charge >= 0.3 is 5.97 Å². The number of nitrogens with zero attached hydrogens (tertiary/aromatic N) is 3. The maximum absolute atomic E-state index is 11.6. The van der Waals surface area contributed by atoms with Crippen LogP contribution in [0.3, 0.4) is 0 Å². The second kappa shape index (κ2) is 7.17. The molecular weight excluding hydrogens is 242 g/mol. The fourth-order valence-corrected chi connectivity index (χ4v) is 1.64. The molecule has 100 valence electrons. The number of hydrogen-bond donors (Lipinski definition) is 0. The van der Waals surface area contributed by atoms with E-state index in [2.05, 4.69) is 11.6 Å². The minimum Gasteiger partial charge on any atom is -0.461 e. The molecule has 1 aromatic rings. The average Bonchev–Trinajstić information content (AvgIpc) is 2.42. The summed E-state index contributed by atoms with van der Waals surface area (Å²) < 4.78 is 4.85. The quantitative estimate of drug-likeness (QED) is 0.339. The van der Waals surface area contributed by atoms with Gasteiger partial charge in [0.1, 0.15) is 11.5 Å². The lowest BCUT2D eigenvalue weighted by Gasteiger charge is -2.18. The Morgan fingerprint density at radius 1 is 1.58 bits per heavy atom. The fourth-order valence-electron chi connectivity index (χ4n) is 1.64. The summed E-state index contributed by atoms with van der Waals surface area (Å²) in [5.41, 5.74) is 0.873. The highest BCUT2D eigenvalue weighted by atomic mass is 16.5. The highest BCUT2D eigenvalue weighted by molar-refractivity contribution is 5.92. The summed E-state index contributed by atoms with van der Waals surface area (Å²) >= 11 is 0. The second-order valence-corrected chi connectivity index (χ2v) is 3.84. The lowest BCUT2D eigenvalue weighted by Crippen LogP contribution is -2.25. The van der Waals surface area contributed by atoms with E-state index in [0.717, 1.165) is 23.3 Å². The normalized spacial score (nSPS) is 9.53. The van der Waals surface area contributed by atoms with E-state index in [1.807, 2.05) is 19.2 Å². The van der Waals surface area contributed by atoms with Crippen LogP contribution in [0, 0.1) is 11.5 Å². The first-order valence-corrected chi connectivity index (χ1v) is 6.15. The Morgan fingerprint density at radius 3 is 2.89 bits per heavy atom. The van der Waals surface area contributed by atoms with Crippen molar-refractivity contribution in [3.05, 3.63) is 36.2 Å². The standard InChI is InChI=1S/C14H17N3O2/c1-4-7-12-8-6-9-16-13(12)17(10-15)11(3)14(18)19-5-2/h6,8-9H,3-5,7H2,1-2H3. The van der Waals surface area contributed by atoms with Gasteiger partial charge in [-0.15, -0.1) is 0 Å². The van der Waals surface area contributed by atoms with Crippen molar-refractivity contribution in [3.8, 4) is 6.19 Å². The minimum absolute atomic E-state index is 0.0274. The van der Waals surface area contributed by atoms with E-state index >= 15 is 0 Å². The van der Waals surface area contributed by atoms with Gasteiger partial charge < -0.3 is 4.74 Å². The molecule has 0 N–H and O–H groups in total. The highest BCUT2D eigenvalue weighted by Gasteiger charge is 2.21. The third-order valence-electron chi connectivity index (χ3n) is 2.48. The second-order valence-electron chi connectivity index (χ2n) is 3.84. The third-order valence-corrected chi connectivity index (χ3v) is 2.48. The van der Waals surface area contributed by atoms with Crippen LogP contribution in [0.1, 0.15) is 25.8 Å². The highest BCUT2D eigenvalue weighted by Crippen LogP contribution is 2.21. The summed E-state index contributed by atoms with van der Waals surface area (Å²) in [5.74, 6) is -0.179. The topological polar surface area (TPSA) is 66.2 Å². The molecule has 1 aromatic heterocycles. The van der Waals surface area contributed by atoms with Gasteiger partial charge in [-0.1, -0.05) is 26.0 Å². The molecule has 0 aliphatic rings. The lowest BCUT2D eigenvalue weighted by molar-refractivity contribution is -0.138. The number of anilines is 1. The number of pyridine rings is 1. The number of esters is 1. The lowest BCUT2D eigenvalue weighted by atomic mass is 10.1. The van der Waals surface area contributed by atoms with Crippen molar-refractivity contribution in [1.29, 1.82) is 5.26 Å². The van der Waals surface area contributed by atoms with Crippen LogP contribution >= 0.6 is 0 Å². The first-order valence-electron chi connectivity index (χ1n) is 6.15. The predicted molar refractivity (Wildman–Crippen MR) is 72.1 cm³/mol. The number of rotatable bonds is 6. The number of hydrogen-bond acceptors (Lipinski definition) is 5. The molecule has 0 atom stereocenters. The molecular formula is C14H17N3O2. The van der Waals surface area contributed by atoms with E-state index in [-0.39, 0.29) is 12.3 Å². The van der Waals surface area contributed by atoms with Crippen LogP contribution in [0.2, 0.25) is 0 Å². The van der Waals surface area contributed by atoms with E-state index in [1.165, 1.54) is 0 Å². The number of ether oxygens (including phenoxy) is 1. The van der Waals surface area contributed by atoms with Crippen LogP contribution in [0.25, 0.3) is 0 Å². The molecule has 0 bridgehead atoms. The van der Waals surface area contributed by atoms with Crippen molar-refractivity contribution < 1.29 is 9.53 Å². The zero-order valence-corrected chi connectivity index (χ0v) is 11.2. The fraction of sp³-hybridized carbons (Fsp3) is 0.357. The average molecular weight is 259 g/mol. The first-order chi connectivity index (χ1) is 9.15. The van der Waals surface area contributed by atoms with Crippen LogP contribution in [0.15, 0.2) is 30.6 Å². The number of carbonyl (C=O) groups is 1.